The molecule has 112 valence electrons. The molecule has 2 aromatic rings. The number of carboxylic acid groups (broad SMARTS) is 1. The van der Waals surface area contributed by atoms with Crippen LogP contribution in [0.15, 0.2) is 40.6 Å². The highest BCUT2D eigenvalue weighted by Crippen LogP contribution is 2.25. The largest absolute Gasteiger partial charge is 0.477 e. The van der Waals surface area contributed by atoms with Gasteiger partial charge in [0.25, 0.3) is 0 Å². The standard InChI is InChI=1S/C13H12FNO4S2/c1-15(8-9-4-2-3-5-10(9)14)21(18,19)11-6-7-20-12(11)13(16)17/h2-7H,8H2,1H3,(H,16,17). The summed E-state index contributed by atoms with van der Waals surface area (Å²) in [6.45, 7) is -0.177. The minimum absolute atomic E-state index is 0.177. The predicted octanol–water partition coefficient (Wildman–Crippen LogP) is 2.41. The normalized spacial score (nSPS) is 11.8. The van der Waals surface area contributed by atoms with Gasteiger partial charge >= 0.3 is 5.97 Å². The third kappa shape index (κ3) is 3.12. The molecule has 0 saturated heterocycles. The SMILES string of the molecule is CN(Cc1ccccc1F)S(=O)(=O)c1ccsc1C(=O)O. The lowest BCUT2D eigenvalue weighted by Crippen LogP contribution is -2.27. The molecule has 0 bridgehead atoms. The zero-order valence-electron chi connectivity index (χ0n) is 11.0. The van der Waals surface area contributed by atoms with Gasteiger partial charge in [-0.15, -0.1) is 11.3 Å². The highest BCUT2D eigenvalue weighted by atomic mass is 32.2. The fourth-order valence-electron chi connectivity index (χ4n) is 1.78. The van der Waals surface area contributed by atoms with Gasteiger partial charge in [0.05, 0.1) is 0 Å². The number of carbonyl (C=O) groups is 1. The molecule has 1 heterocycles. The van der Waals surface area contributed by atoms with Crippen molar-refractivity contribution in [1.82, 2.24) is 4.31 Å². The minimum atomic E-state index is -3.99. The van der Waals surface area contributed by atoms with Crippen molar-refractivity contribution in [3.63, 3.8) is 0 Å². The monoisotopic (exact) mass is 329 g/mol. The quantitative estimate of drug-likeness (QED) is 0.914. The summed E-state index contributed by atoms with van der Waals surface area (Å²) < 4.78 is 39.3. The van der Waals surface area contributed by atoms with Crippen molar-refractivity contribution < 1.29 is 22.7 Å². The fourth-order valence-corrected chi connectivity index (χ4v) is 4.15. The molecule has 5 nitrogen and oxygen atoms in total. The molecule has 0 atom stereocenters. The molecule has 0 aliphatic carbocycles. The first kappa shape index (κ1) is 15.6. The molecule has 0 spiro atoms. The van der Waals surface area contributed by atoms with E-state index in [0.717, 1.165) is 15.6 Å². The molecule has 2 rings (SSSR count). The summed E-state index contributed by atoms with van der Waals surface area (Å²) in [6.07, 6.45) is 0. The average Bonchev–Trinajstić information content (AvgIpc) is 2.91. The molecule has 8 heteroatoms. The fraction of sp³-hybridized carbons (Fsp3) is 0.154. The van der Waals surface area contributed by atoms with Crippen molar-refractivity contribution >= 4 is 27.3 Å². The number of nitrogens with zero attached hydrogens (tertiary/aromatic N) is 1. The lowest BCUT2D eigenvalue weighted by Gasteiger charge is -2.17. The number of sulfonamides is 1. The van der Waals surface area contributed by atoms with Crippen molar-refractivity contribution in [1.29, 1.82) is 0 Å². The van der Waals surface area contributed by atoms with Crippen LogP contribution < -0.4 is 0 Å². The van der Waals surface area contributed by atoms with Crippen LogP contribution in [-0.2, 0) is 16.6 Å². The number of carboxylic acids is 1. The second-order valence-electron chi connectivity index (χ2n) is 4.27. The Kier molecular flexibility index (Phi) is 4.40. The Balaban J connectivity index is 2.33. The molecule has 0 amide bonds. The van der Waals surface area contributed by atoms with Gasteiger partial charge in [-0.1, -0.05) is 18.2 Å². The summed E-state index contributed by atoms with van der Waals surface area (Å²) in [4.78, 5) is 10.5. The van der Waals surface area contributed by atoms with Gasteiger partial charge < -0.3 is 5.11 Å². The third-order valence-corrected chi connectivity index (χ3v) is 5.74. The molecule has 1 aromatic heterocycles. The van der Waals surface area contributed by atoms with E-state index in [0.29, 0.717) is 0 Å². The lowest BCUT2D eigenvalue weighted by atomic mass is 10.2. The van der Waals surface area contributed by atoms with Crippen molar-refractivity contribution in [2.75, 3.05) is 7.05 Å². The molecule has 21 heavy (non-hydrogen) atoms. The molecule has 0 radical (unpaired) electrons. The molecule has 0 unspecified atom stereocenters. The number of hydrogen-bond donors (Lipinski definition) is 1. The Morgan fingerprint density at radius 3 is 2.62 bits per heavy atom. The number of rotatable bonds is 5. The van der Waals surface area contributed by atoms with Crippen molar-refractivity contribution in [2.24, 2.45) is 0 Å². The first-order chi connectivity index (χ1) is 9.84. The van der Waals surface area contributed by atoms with Crippen LogP contribution in [0.1, 0.15) is 15.2 Å². The van der Waals surface area contributed by atoms with E-state index in [1.807, 2.05) is 0 Å². The van der Waals surface area contributed by atoms with Gasteiger partial charge in [0.15, 0.2) is 0 Å². The second kappa shape index (κ2) is 5.92. The first-order valence-corrected chi connectivity index (χ1v) is 8.16. The number of hydrogen-bond acceptors (Lipinski definition) is 4. The molecular formula is C13H12FNO4S2. The van der Waals surface area contributed by atoms with E-state index >= 15 is 0 Å². The summed E-state index contributed by atoms with van der Waals surface area (Å²) in [5.41, 5.74) is 0.218. The van der Waals surface area contributed by atoms with E-state index in [9.17, 15) is 17.6 Å². The van der Waals surface area contributed by atoms with E-state index in [1.165, 1.54) is 36.7 Å². The second-order valence-corrected chi connectivity index (χ2v) is 7.20. The third-order valence-electron chi connectivity index (χ3n) is 2.86. The van der Waals surface area contributed by atoms with E-state index in [2.05, 4.69) is 0 Å². The summed E-state index contributed by atoms with van der Waals surface area (Å²) >= 11 is 0.832. The van der Waals surface area contributed by atoms with Gasteiger partial charge in [-0.25, -0.2) is 17.6 Å². The Morgan fingerprint density at radius 1 is 1.33 bits per heavy atom. The summed E-state index contributed by atoms with van der Waals surface area (Å²) in [7, 11) is -2.71. The average molecular weight is 329 g/mol. The maximum absolute atomic E-state index is 13.6. The van der Waals surface area contributed by atoms with E-state index in [4.69, 9.17) is 5.11 Å². The van der Waals surface area contributed by atoms with Crippen LogP contribution in [0.3, 0.4) is 0 Å². The minimum Gasteiger partial charge on any atom is -0.477 e. The number of thiophene rings is 1. The zero-order chi connectivity index (χ0) is 15.6. The van der Waals surface area contributed by atoms with E-state index < -0.39 is 21.8 Å². The van der Waals surface area contributed by atoms with E-state index in [1.54, 1.807) is 6.07 Å². The van der Waals surface area contributed by atoms with Crippen LogP contribution in [0.2, 0.25) is 0 Å². The van der Waals surface area contributed by atoms with Gasteiger partial charge in [0.1, 0.15) is 15.6 Å². The molecule has 1 N–H and O–H groups in total. The Hall–Kier alpha value is -1.77. The van der Waals surface area contributed by atoms with Gasteiger partial charge in [-0.3, -0.25) is 0 Å². The maximum atomic E-state index is 13.6. The van der Waals surface area contributed by atoms with Crippen LogP contribution in [0.25, 0.3) is 0 Å². The van der Waals surface area contributed by atoms with Crippen molar-refractivity contribution in [2.45, 2.75) is 11.4 Å². The van der Waals surface area contributed by atoms with Crippen LogP contribution in [-0.4, -0.2) is 30.8 Å². The highest BCUT2D eigenvalue weighted by molar-refractivity contribution is 7.89. The van der Waals surface area contributed by atoms with Gasteiger partial charge in [-0.2, -0.15) is 4.31 Å². The molecule has 0 aliphatic rings. The predicted molar refractivity (Wildman–Crippen MR) is 76.3 cm³/mol. The van der Waals surface area contributed by atoms with Gasteiger partial charge in [0.2, 0.25) is 10.0 Å². The van der Waals surface area contributed by atoms with Crippen molar-refractivity contribution in [3.8, 4) is 0 Å². The highest BCUT2D eigenvalue weighted by Gasteiger charge is 2.28. The molecule has 0 fully saturated rings. The topological polar surface area (TPSA) is 74.7 Å². The molecule has 0 saturated carbocycles. The number of benzene rings is 1. The number of aromatic carboxylic acids is 1. The van der Waals surface area contributed by atoms with Crippen LogP contribution in [0.5, 0.6) is 0 Å². The molecular weight excluding hydrogens is 317 g/mol. The molecule has 0 aliphatic heterocycles. The van der Waals surface area contributed by atoms with Crippen LogP contribution in [0, 0.1) is 5.82 Å². The van der Waals surface area contributed by atoms with Crippen LogP contribution >= 0.6 is 11.3 Å². The zero-order valence-corrected chi connectivity index (χ0v) is 12.6. The summed E-state index contributed by atoms with van der Waals surface area (Å²) in [6, 6.07) is 7.07. The summed E-state index contributed by atoms with van der Waals surface area (Å²) in [5.74, 6) is -1.81. The number of halogens is 1. The Bertz CT molecular complexity index is 770. The Morgan fingerprint density at radius 2 is 2.00 bits per heavy atom. The van der Waals surface area contributed by atoms with E-state index in [-0.39, 0.29) is 21.9 Å². The van der Waals surface area contributed by atoms with Crippen molar-refractivity contribution in [3.05, 3.63) is 52.0 Å². The Labute approximate surface area is 125 Å². The lowest BCUT2D eigenvalue weighted by molar-refractivity contribution is 0.0698. The summed E-state index contributed by atoms with van der Waals surface area (Å²) in [5, 5.41) is 10.4. The first-order valence-electron chi connectivity index (χ1n) is 5.84. The van der Waals surface area contributed by atoms with Gasteiger partial charge in [0, 0.05) is 19.2 Å². The van der Waals surface area contributed by atoms with Crippen LogP contribution in [0.4, 0.5) is 4.39 Å². The molecule has 1 aromatic carbocycles. The maximum Gasteiger partial charge on any atom is 0.347 e. The smallest absolute Gasteiger partial charge is 0.347 e. The van der Waals surface area contributed by atoms with Gasteiger partial charge in [-0.05, 0) is 17.5 Å².